The molecule has 0 saturated heterocycles. The van der Waals surface area contributed by atoms with E-state index in [9.17, 15) is 5.11 Å². The Bertz CT molecular complexity index is 192. The maximum Gasteiger partial charge on any atom is 0.0986 e. The van der Waals surface area contributed by atoms with Gasteiger partial charge in [0.15, 0.2) is 0 Å². The Morgan fingerprint density at radius 2 is 2.45 bits per heavy atom. The topological polar surface area (TPSA) is 46.2 Å². The third kappa shape index (κ3) is 1.91. The molecule has 1 rings (SSSR count). The normalized spacial score (nSPS) is 22.6. The van der Waals surface area contributed by atoms with Gasteiger partial charge in [-0.15, -0.1) is 0 Å². The van der Waals surface area contributed by atoms with Crippen LogP contribution in [0.2, 0.25) is 0 Å². The van der Waals surface area contributed by atoms with E-state index in [-0.39, 0.29) is 6.54 Å². The molecule has 1 aliphatic carbocycles. The summed E-state index contributed by atoms with van der Waals surface area (Å²) in [6.45, 7) is 2.00. The highest BCUT2D eigenvalue weighted by atomic mass is 16.3. The summed E-state index contributed by atoms with van der Waals surface area (Å²) in [4.78, 5) is 0. The van der Waals surface area contributed by atoms with E-state index in [1.807, 2.05) is 24.6 Å². The zero-order chi connectivity index (χ0) is 8.32. The minimum absolute atomic E-state index is 0.267. The second-order valence-corrected chi connectivity index (χ2v) is 2.97. The Morgan fingerprint density at radius 1 is 1.73 bits per heavy atom. The van der Waals surface area contributed by atoms with Crippen LogP contribution < -0.4 is 5.73 Å². The van der Waals surface area contributed by atoms with Gasteiger partial charge in [0.25, 0.3) is 0 Å². The van der Waals surface area contributed by atoms with Gasteiger partial charge in [-0.05, 0) is 25.3 Å². The molecule has 1 radical (unpaired) electrons. The lowest BCUT2D eigenvalue weighted by Gasteiger charge is -2.24. The third-order valence-corrected chi connectivity index (χ3v) is 1.91. The number of aliphatic hydroxyl groups is 1. The first-order valence-corrected chi connectivity index (χ1v) is 3.80. The van der Waals surface area contributed by atoms with Crippen LogP contribution in [0.15, 0.2) is 23.8 Å². The van der Waals surface area contributed by atoms with Gasteiger partial charge in [-0.25, -0.2) is 0 Å². The highest BCUT2D eigenvalue weighted by molar-refractivity contribution is 5.33. The Balaban J connectivity index is 2.73. The van der Waals surface area contributed by atoms with E-state index >= 15 is 0 Å². The van der Waals surface area contributed by atoms with Crippen molar-refractivity contribution in [2.75, 3.05) is 6.54 Å². The molecule has 0 heterocycles. The number of hydrogen-bond donors (Lipinski definition) is 2. The Labute approximate surface area is 67.4 Å². The highest BCUT2D eigenvalue weighted by Gasteiger charge is 2.22. The van der Waals surface area contributed by atoms with Gasteiger partial charge in [0.05, 0.1) is 5.60 Å². The molecule has 2 heteroatoms. The summed E-state index contributed by atoms with van der Waals surface area (Å²) in [5, 5.41) is 9.69. The smallest absolute Gasteiger partial charge is 0.0986 e. The quantitative estimate of drug-likeness (QED) is 0.614. The summed E-state index contributed by atoms with van der Waals surface area (Å²) < 4.78 is 0. The number of rotatable bonds is 2. The molecule has 0 saturated carbocycles. The average Bonchev–Trinajstić information content (AvgIpc) is 2.06. The molecule has 0 spiro atoms. The van der Waals surface area contributed by atoms with Crippen LogP contribution in [-0.4, -0.2) is 17.3 Å². The fourth-order valence-corrected chi connectivity index (χ4v) is 1.03. The van der Waals surface area contributed by atoms with E-state index in [2.05, 4.69) is 0 Å². The summed E-state index contributed by atoms with van der Waals surface area (Å²) in [5.74, 6) is 0. The molecule has 61 valence electrons. The van der Waals surface area contributed by atoms with Gasteiger partial charge in [-0.3, -0.25) is 0 Å². The van der Waals surface area contributed by atoms with Crippen LogP contribution in [0.3, 0.4) is 0 Å². The minimum Gasteiger partial charge on any atom is -0.384 e. The second kappa shape index (κ2) is 3.20. The third-order valence-electron chi connectivity index (χ3n) is 1.91. The molecule has 0 aromatic heterocycles. The molecule has 0 fully saturated rings. The van der Waals surface area contributed by atoms with Crippen molar-refractivity contribution in [3.05, 3.63) is 30.2 Å². The lowest BCUT2D eigenvalue weighted by molar-refractivity contribution is 0.111. The molecule has 1 aliphatic rings. The molecule has 1 unspecified atom stereocenters. The summed E-state index contributed by atoms with van der Waals surface area (Å²) in [5.41, 5.74) is 5.46. The van der Waals surface area contributed by atoms with E-state index in [4.69, 9.17) is 5.73 Å². The van der Waals surface area contributed by atoms with E-state index in [1.54, 1.807) is 6.92 Å². The molecule has 3 N–H and O–H groups in total. The molecule has 0 bridgehead atoms. The van der Waals surface area contributed by atoms with Crippen molar-refractivity contribution >= 4 is 0 Å². The highest BCUT2D eigenvalue weighted by Crippen LogP contribution is 2.20. The molecule has 0 amide bonds. The van der Waals surface area contributed by atoms with Crippen molar-refractivity contribution < 1.29 is 5.11 Å². The molecule has 0 aromatic carbocycles. The van der Waals surface area contributed by atoms with Gasteiger partial charge < -0.3 is 10.8 Å². The Kier molecular flexibility index (Phi) is 2.47. The monoisotopic (exact) mass is 152 g/mol. The Morgan fingerprint density at radius 3 is 2.91 bits per heavy atom. The van der Waals surface area contributed by atoms with Crippen molar-refractivity contribution in [2.24, 2.45) is 5.73 Å². The van der Waals surface area contributed by atoms with Crippen LogP contribution in [0.5, 0.6) is 0 Å². The lowest BCUT2D eigenvalue weighted by atomic mass is 9.91. The summed E-state index contributed by atoms with van der Waals surface area (Å²) in [6, 6.07) is 0. The van der Waals surface area contributed by atoms with Crippen molar-refractivity contribution in [3.63, 3.8) is 0 Å². The zero-order valence-corrected chi connectivity index (χ0v) is 6.75. The number of hydrogen-bond acceptors (Lipinski definition) is 2. The molecular weight excluding hydrogens is 138 g/mol. The van der Waals surface area contributed by atoms with E-state index < -0.39 is 5.60 Å². The molecular formula is C9H14NO. The van der Waals surface area contributed by atoms with Crippen LogP contribution in [0.25, 0.3) is 0 Å². The second-order valence-electron chi connectivity index (χ2n) is 2.97. The van der Waals surface area contributed by atoms with Crippen LogP contribution in [0.1, 0.15) is 13.3 Å². The average molecular weight is 152 g/mol. The lowest BCUT2D eigenvalue weighted by Crippen LogP contribution is -2.36. The van der Waals surface area contributed by atoms with Crippen molar-refractivity contribution in [2.45, 2.75) is 18.9 Å². The number of nitrogens with two attached hydrogens (primary N) is 1. The Hall–Kier alpha value is -0.600. The standard InChI is InChI=1S/C9H14NO/c1-9(11,7-10)8-5-3-2-4-6-8/h2-3,5-6,11H,4,7,10H2,1H3. The molecule has 0 aliphatic heterocycles. The summed E-state index contributed by atoms with van der Waals surface area (Å²) in [6.07, 6.45) is 8.76. The van der Waals surface area contributed by atoms with Crippen LogP contribution in [-0.2, 0) is 0 Å². The largest absolute Gasteiger partial charge is 0.384 e. The van der Waals surface area contributed by atoms with E-state index in [0.29, 0.717) is 0 Å². The van der Waals surface area contributed by atoms with Crippen molar-refractivity contribution in [1.29, 1.82) is 0 Å². The zero-order valence-electron chi connectivity index (χ0n) is 6.75. The van der Waals surface area contributed by atoms with Crippen molar-refractivity contribution in [3.8, 4) is 0 Å². The minimum atomic E-state index is -0.856. The van der Waals surface area contributed by atoms with Gasteiger partial charge >= 0.3 is 0 Å². The van der Waals surface area contributed by atoms with Gasteiger partial charge in [0.2, 0.25) is 0 Å². The SMILES string of the molecule is CC(O)(CN)C1=CC[CH]C=C1. The van der Waals surface area contributed by atoms with Gasteiger partial charge in [-0.2, -0.15) is 0 Å². The van der Waals surface area contributed by atoms with Crippen LogP contribution in [0.4, 0.5) is 0 Å². The van der Waals surface area contributed by atoms with Crippen molar-refractivity contribution in [1.82, 2.24) is 0 Å². The number of allylic oxidation sites excluding steroid dienone is 2. The summed E-state index contributed by atoms with van der Waals surface area (Å²) >= 11 is 0. The van der Waals surface area contributed by atoms with E-state index in [0.717, 1.165) is 12.0 Å². The van der Waals surface area contributed by atoms with Gasteiger partial charge in [0.1, 0.15) is 0 Å². The molecule has 0 aromatic rings. The predicted molar refractivity (Wildman–Crippen MR) is 45.8 cm³/mol. The van der Waals surface area contributed by atoms with Gasteiger partial charge in [0, 0.05) is 6.54 Å². The molecule has 1 atom stereocenters. The van der Waals surface area contributed by atoms with Gasteiger partial charge in [-0.1, -0.05) is 18.2 Å². The summed E-state index contributed by atoms with van der Waals surface area (Å²) in [7, 11) is 0. The van der Waals surface area contributed by atoms with Crippen LogP contribution >= 0.6 is 0 Å². The first kappa shape index (κ1) is 8.50. The van der Waals surface area contributed by atoms with E-state index in [1.165, 1.54) is 0 Å². The molecule has 11 heavy (non-hydrogen) atoms. The fourth-order valence-electron chi connectivity index (χ4n) is 1.03. The fraction of sp³-hybridized carbons (Fsp3) is 0.444. The maximum absolute atomic E-state index is 9.69. The predicted octanol–water partition coefficient (Wildman–Crippen LogP) is 0.787. The first-order chi connectivity index (χ1) is 5.17. The molecule has 2 nitrogen and oxygen atoms in total. The first-order valence-electron chi connectivity index (χ1n) is 3.80. The maximum atomic E-state index is 9.69. The van der Waals surface area contributed by atoms with Crippen LogP contribution in [0, 0.1) is 6.42 Å².